The van der Waals surface area contributed by atoms with E-state index in [1.807, 2.05) is 0 Å². The molecule has 2 heterocycles. The van der Waals surface area contributed by atoms with Gasteiger partial charge in [-0.1, -0.05) is 33.1 Å². The third-order valence-electron chi connectivity index (χ3n) is 3.23. The molecule has 1 N–H and O–H groups in total. The van der Waals surface area contributed by atoms with Crippen LogP contribution in [0.2, 0.25) is 5.28 Å². The average molecular weight is 296 g/mol. The zero-order valence-electron chi connectivity index (χ0n) is 12.2. The lowest BCUT2D eigenvalue weighted by Gasteiger charge is -2.09. The van der Waals surface area contributed by atoms with Crippen LogP contribution in [-0.2, 0) is 6.54 Å². The minimum Gasteiger partial charge on any atom is -0.368 e. The number of anilines is 1. The van der Waals surface area contributed by atoms with Crippen molar-refractivity contribution in [3.8, 4) is 0 Å². The lowest BCUT2D eigenvalue weighted by atomic mass is 10.2. The highest BCUT2D eigenvalue weighted by molar-refractivity contribution is 6.28. The molecule has 0 aliphatic heterocycles. The molecule has 6 heteroatoms. The Morgan fingerprint density at radius 1 is 1.15 bits per heavy atom. The summed E-state index contributed by atoms with van der Waals surface area (Å²) < 4.78 is 2.08. The van der Waals surface area contributed by atoms with Crippen LogP contribution < -0.4 is 5.32 Å². The van der Waals surface area contributed by atoms with E-state index in [2.05, 4.69) is 38.7 Å². The van der Waals surface area contributed by atoms with Crippen molar-refractivity contribution in [2.75, 3.05) is 11.9 Å². The Labute approximate surface area is 124 Å². The molecule has 0 atom stereocenters. The Morgan fingerprint density at radius 2 is 2.00 bits per heavy atom. The Hall–Kier alpha value is -1.36. The number of aryl methyl sites for hydroxylation is 1. The predicted molar refractivity (Wildman–Crippen MR) is 83.3 cm³/mol. The summed E-state index contributed by atoms with van der Waals surface area (Å²) in [7, 11) is 0. The molecular formula is C14H22ClN5. The van der Waals surface area contributed by atoms with Crippen LogP contribution in [0.3, 0.4) is 0 Å². The molecule has 0 fully saturated rings. The van der Waals surface area contributed by atoms with Gasteiger partial charge in [-0.25, -0.2) is 4.98 Å². The molecule has 0 aliphatic rings. The van der Waals surface area contributed by atoms with Crippen LogP contribution in [0.4, 0.5) is 5.82 Å². The van der Waals surface area contributed by atoms with Gasteiger partial charge in [0, 0.05) is 13.1 Å². The summed E-state index contributed by atoms with van der Waals surface area (Å²) in [5.74, 6) is 0.794. The molecule has 110 valence electrons. The van der Waals surface area contributed by atoms with Crippen LogP contribution in [0, 0.1) is 0 Å². The molecule has 0 saturated carbocycles. The second kappa shape index (κ2) is 7.43. The number of nitrogens with one attached hydrogen (secondary N) is 1. The number of aromatic nitrogens is 4. The Kier molecular flexibility index (Phi) is 5.59. The lowest BCUT2D eigenvalue weighted by Crippen LogP contribution is -2.07. The molecule has 2 aromatic rings. The third-order valence-corrected chi connectivity index (χ3v) is 3.40. The minimum atomic E-state index is 0.246. The first-order chi connectivity index (χ1) is 9.76. The van der Waals surface area contributed by atoms with Crippen LogP contribution in [0.1, 0.15) is 46.0 Å². The molecule has 2 aromatic heterocycles. The molecule has 2 rings (SSSR count). The van der Waals surface area contributed by atoms with Gasteiger partial charge >= 0.3 is 0 Å². The highest BCUT2D eigenvalue weighted by Crippen LogP contribution is 2.21. The standard InChI is InChI=1S/C14H22ClN5/c1-3-5-6-7-8-16-12-11-13(19-14(15)18-12)17-10-20(11)9-4-2/h10H,3-9H2,1-2H3,(H,16,18,19). The monoisotopic (exact) mass is 295 g/mol. The number of hydrogen-bond donors (Lipinski definition) is 1. The highest BCUT2D eigenvalue weighted by Gasteiger charge is 2.12. The Morgan fingerprint density at radius 3 is 2.75 bits per heavy atom. The van der Waals surface area contributed by atoms with Crippen LogP contribution >= 0.6 is 11.6 Å². The summed E-state index contributed by atoms with van der Waals surface area (Å²) in [6.45, 7) is 6.16. The van der Waals surface area contributed by atoms with Crippen LogP contribution in [0.15, 0.2) is 6.33 Å². The third kappa shape index (κ3) is 3.60. The lowest BCUT2D eigenvalue weighted by molar-refractivity contribution is 0.682. The number of fused-ring (bicyclic) bond motifs is 1. The van der Waals surface area contributed by atoms with Crippen LogP contribution in [0.25, 0.3) is 11.2 Å². The summed E-state index contributed by atoms with van der Waals surface area (Å²) in [4.78, 5) is 12.8. The molecule has 5 nitrogen and oxygen atoms in total. The molecule has 0 radical (unpaired) electrons. The van der Waals surface area contributed by atoms with E-state index in [-0.39, 0.29) is 5.28 Å². The summed E-state index contributed by atoms with van der Waals surface area (Å²) in [5, 5.41) is 3.62. The molecule has 0 bridgehead atoms. The van der Waals surface area contributed by atoms with Gasteiger partial charge < -0.3 is 9.88 Å². The number of nitrogens with zero attached hydrogens (tertiary/aromatic N) is 4. The van der Waals surface area contributed by atoms with Gasteiger partial charge in [0.25, 0.3) is 0 Å². The fourth-order valence-electron chi connectivity index (χ4n) is 2.25. The number of halogens is 1. The van der Waals surface area contributed by atoms with E-state index in [1.54, 1.807) is 6.33 Å². The van der Waals surface area contributed by atoms with E-state index in [9.17, 15) is 0 Å². The van der Waals surface area contributed by atoms with E-state index in [1.165, 1.54) is 19.3 Å². The first-order valence-corrected chi connectivity index (χ1v) is 7.76. The second-order valence-electron chi connectivity index (χ2n) is 4.94. The van der Waals surface area contributed by atoms with Gasteiger partial charge in [0.1, 0.15) is 5.52 Å². The number of rotatable bonds is 8. The van der Waals surface area contributed by atoms with Gasteiger partial charge in [0.15, 0.2) is 11.5 Å². The van der Waals surface area contributed by atoms with Gasteiger partial charge in [-0.15, -0.1) is 0 Å². The van der Waals surface area contributed by atoms with Gasteiger partial charge in [-0.2, -0.15) is 9.97 Å². The molecule has 0 aliphatic carbocycles. The molecule has 20 heavy (non-hydrogen) atoms. The maximum Gasteiger partial charge on any atom is 0.226 e. The summed E-state index contributed by atoms with van der Waals surface area (Å²) in [5.41, 5.74) is 1.61. The first kappa shape index (κ1) is 15.0. The SMILES string of the molecule is CCCCCCNc1nc(Cl)nc2ncn(CCC)c12. The maximum atomic E-state index is 5.96. The van der Waals surface area contributed by atoms with E-state index < -0.39 is 0 Å². The van der Waals surface area contributed by atoms with E-state index in [0.717, 1.165) is 37.3 Å². The quantitative estimate of drug-likeness (QED) is 0.593. The number of hydrogen-bond acceptors (Lipinski definition) is 4. The van der Waals surface area contributed by atoms with E-state index in [0.29, 0.717) is 5.65 Å². The number of imidazole rings is 1. The molecule has 0 saturated heterocycles. The van der Waals surface area contributed by atoms with E-state index in [4.69, 9.17) is 11.6 Å². The van der Waals surface area contributed by atoms with Crippen molar-refractivity contribution >= 4 is 28.6 Å². The van der Waals surface area contributed by atoms with E-state index >= 15 is 0 Å². The summed E-state index contributed by atoms with van der Waals surface area (Å²) >= 11 is 5.96. The largest absolute Gasteiger partial charge is 0.368 e. The van der Waals surface area contributed by atoms with Crippen molar-refractivity contribution in [3.05, 3.63) is 11.6 Å². The normalized spacial score (nSPS) is 11.2. The second-order valence-corrected chi connectivity index (χ2v) is 5.28. The topological polar surface area (TPSA) is 55.6 Å². The van der Waals surface area contributed by atoms with Crippen molar-refractivity contribution in [2.45, 2.75) is 52.5 Å². The van der Waals surface area contributed by atoms with Crippen molar-refractivity contribution in [1.29, 1.82) is 0 Å². The summed E-state index contributed by atoms with van der Waals surface area (Å²) in [6.07, 6.45) is 7.74. The molecule has 0 amide bonds. The molecule has 0 spiro atoms. The van der Waals surface area contributed by atoms with Crippen LogP contribution in [0.5, 0.6) is 0 Å². The first-order valence-electron chi connectivity index (χ1n) is 7.38. The van der Waals surface area contributed by atoms with Gasteiger partial charge in [-0.05, 0) is 24.4 Å². The Bertz CT molecular complexity index is 552. The van der Waals surface area contributed by atoms with Crippen molar-refractivity contribution < 1.29 is 0 Å². The fourth-order valence-corrected chi connectivity index (χ4v) is 2.41. The molecular weight excluding hydrogens is 274 g/mol. The smallest absolute Gasteiger partial charge is 0.226 e. The van der Waals surface area contributed by atoms with Crippen molar-refractivity contribution in [2.24, 2.45) is 0 Å². The van der Waals surface area contributed by atoms with Crippen LogP contribution in [-0.4, -0.2) is 26.1 Å². The zero-order chi connectivity index (χ0) is 14.4. The molecule has 0 unspecified atom stereocenters. The molecule has 0 aromatic carbocycles. The zero-order valence-corrected chi connectivity index (χ0v) is 12.9. The summed E-state index contributed by atoms with van der Waals surface area (Å²) in [6, 6.07) is 0. The van der Waals surface area contributed by atoms with Gasteiger partial charge in [0.05, 0.1) is 6.33 Å². The highest BCUT2D eigenvalue weighted by atomic mass is 35.5. The number of unbranched alkanes of at least 4 members (excludes halogenated alkanes) is 3. The van der Waals surface area contributed by atoms with Gasteiger partial charge in [0.2, 0.25) is 5.28 Å². The van der Waals surface area contributed by atoms with Gasteiger partial charge in [-0.3, -0.25) is 0 Å². The predicted octanol–water partition coefficient (Wildman–Crippen LogP) is 3.88. The average Bonchev–Trinajstić information content (AvgIpc) is 2.82. The minimum absolute atomic E-state index is 0.246. The van der Waals surface area contributed by atoms with Crippen molar-refractivity contribution in [3.63, 3.8) is 0 Å². The Balaban J connectivity index is 2.15. The maximum absolute atomic E-state index is 5.96. The van der Waals surface area contributed by atoms with Crippen molar-refractivity contribution in [1.82, 2.24) is 19.5 Å². The fraction of sp³-hybridized carbons (Fsp3) is 0.643.